The summed E-state index contributed by atoms with van der Waals surface area (Å²) in [6, 6.07) is 62.0. The van der Waals surface area contributed by atoms with Crippen molar-refractivity contribution in [2.75, 3.05) is 6.54 Å². The number of carbonyl (C=O) groups is 4. The number of rotatable bonds is 20. The Bertz CT molecular complexity index is 2880. The van der Waals surface area contributed by atoms with Crippen LogP contribution >= 0.6 is 0 Å². The molecule has 2 atom stereocenters. The molecular weight excluding hydrogens is 873 g/mol. The van der Waals surface area contributed by atoms with Crippen LogP contribution in [0.5, 0.6) is 0 Å². The number of carbonyl (C=O) groups excluding carboxylic acids is 4. The number of hydrogen-bond donors (Lipinski definition) is 2. The highest BCUT2D eigenvalue weighted by Gasteiger charge is 2.52. The second-order valence-corrected chi connectivity index (χ2v) is 17.6. The monoisotopic (exact) mass is 926 g/mol. The summed E-state index contributed by atoms with van der Waals surface area (Å²) < 4.78 is 8.16. The first-order valence-electron chi connectivity index (χ1n) is 23.9. The lowest BCUT2D eigenvalue weighted by atomic mass is 9.77. The van der Waals surface area contributed by atoms with Gasteiger partial charge in [0, 0.05) is 24.8 Å². The van der Waals surface area contributed by atoms with Gasteiger partial charge in [-0.1, -0.05) is 207 Å². The highest BCUT2D eigenvalue weighted by molar-refractivity contribution is 6.13. The molecule has 8 aromatic rings. The van der Waals surface area contributed by atoms with Gasteiger partial charge in [0.15, 0.2) is 11.6 Å². The van der Waals surface area contributed by atoms with Crippen molar-refractivity contribution in [3.05, 3.63) is 234 Å². The van der Waals surface area contributed by atoms with E-state index in [4.69, 9.17) is 15.0 Å². The Morgan fingerprint density at radius 3 is 1.61 bits per heavy atom. The number of nitrogens with one attached hydrogen (secondary N) is 2. The Morgan fingerprint density at radius 2 is 1.13 bits per heavy atom. The Morgan fingerprint density at radius 1 is 0.643 bits per heavy atom. The molecule has 0 spiro atoms. The van der Waals surface area contributed by atoms with E-state index >= 15 is 9.59 Å². The molecule has 70 heavy (non-hydrogen) atoms. The summed E-state index contributed by atoms with van der Waals surface area (Å²) in [5.41, 5.74) is 3.49. The second-order valence-electron chi connectivity index (χ2n) is 17.6. The fraction of sp³-hybridized carbons (Fsp3) is 0.203. The lowest BCUT2D eigenvalue weighted by molar-refractivity contribution is -0.179. The quantitative estimate of drug-likeness (QED) is 0.0328. The lowest BCUT2D eigenvalue weighted by Gasteiger charge is -2.36. The predicted molar refractivity (Wildman–Crippen MR) is 269 cm³/mol. The maximum atomic E-state index is 15.0. The summed E-state index contributed by atoms with van der Waals surface area (Å²) in [7, 11) is 0. The first-order chi connectivity index (χ1) is 34.3. The van der Waals surface area contributed by atoms with E-state index in [9.17, 15) is 9.59 Å². The van der Waals surface area contributed by atoms with E-state index in [1.54, 1.807) is 48.5 Å². The van der Waals surface area contributed by atoms with Crippen molar-refractivity contribution in [1.29, 1.82) is 0 Å². The van der Waals surface area contributed by atoms with Gasteiger partial charge >= 0.3 is 5.97 Å². The van der Waals surface area contributed by atoms with Gasteiger partial charge in [-0.3, -0.25) is 24.5 Å². The molecule has 1 aliphatic heterocycles. The molecule has 0 bridgehead atoms. The topological polar surface area (TPSA) is 145 Å². The van der Waals surface area contributed by atoms with Crippen LogP contribution in [0.25, 0.3) is 22.5 Å². The summed E-state index contributed by atoms with van der Waals surface area (Å²) in [5.74, 6) is -1.85. The van der Waals surface area contributed by atoms with Crippen molar-refractivity contribution in [3.8, 4) is 22.5 Å². The van der Waals surface area contributed by atoms with Crippen molar-refractivity contribution in [2.45, 2.75) is 68.8 Å². The summed E-state index contributed by atoms with van der Waals surface area (Å²) in [6.45, 7) is 2.48. The van der Waals surface area contributed by atoms with Crippen molar-refractivity contribution in [2.24, 2.45) is 0 Å². The van der Waals surface area contributed by atoms with Gasteiger partial charge in [0.1, 0.15) is 11.6 Å². The number of Topliss-reactive ketones (excluding diaryl/α,β-unsaturated/α-hetero) is 3. The molecule has 0 aliphatic carbocycles. The Labute approximate surface area is 408 Å². The van der Waals surface area contributed by atoms with Crippen LogP contribution in [0, 0.1) is 0 Å². The minimum atomic E-state index is -2.52. The summed E-state index contributed by atoms with van der Waals surface area (Å²) in [4.78, 5) is 58.7. The van der Waals surface area contributed by atoms with Gasteiger partial charge in [0.2, 0.25) is 11.6 Å². The number of benzene rings is 7. The van der Waals surface area contributed by atoms with Gasteiger partial charge in [-0.15, -0.1) is 5.10 Å². The minimum Gasteiger partial charge on any atom is -0.427 e. The van der Waals surface area contributed by atoms with E-state index < -0.39 is 40.9 Å². The zero-order valence-corrected chi connectivity index (χ0v) is 39.0. The Balaban J connectivity index is 1.14. The van der Waals surface area contributed by atoms with Gasteiger partial charge in [0.05, 0.1) is 6.04 Å². The van der Waals surface area contributed by atoms with Crippen LogP contribution in [-0.4, -0.2) is 61.8 Å². The molecule has 9 rings (SSSR count). The molecule has 0 amide bonds. The summed E-state index contributed by atoms with van der Waals surface area (Å²) >= 11 is 0. The third kappa shape index (κ3) is 9.67. The van der Waals surface area contributed by atoms with Crippen molar-refractivity contribution < 1.29 is 23.9 Å². The van der Waals surface area contributed by atoms with Gasteiger partial charge < -0.3 is 10.1 Å². The fourth-order valence-corrected chi connectivity index (χ4v) is 9.59. The number of ether oxygens (including phenoxy) is 1. The first-order valence-corrected chi connectivity index (χ1v) is 23.9. The van der Waals surface area contributed by atoms with Gasteiger partial charge in [-0.2, -0.15) is 0 Å². The molecule has 350 valence electrons. The standard InChI is InChI=1S/C59H54N6O5/c1-2-21-52(66)55(61-59(70-57(69)51-34-20-39-60-51,53(67)40-42-22-8-3-9-23-42)54(68)41-43-24-10-4-11-25-43)45-37-35-44(36-38-45)49-32-18-19-33-50(49)56-62-63-64-65(56)58(46-26-12-5-13-27-46,47-28-14-6-15-29-47)48-30-16-7-17-31-48/h3-19,22-33,35-38,51,55,60-61H,2,20-21,34,39-41H2,1H3/t51-,55-/m1/s1. The molecule has 0 saturated carbocycles. The predicted octanol–water partition coefficient (Wildman–Crippen LogP) is 9.46. The highest BCUT2D eigenvalue weighted by atomic mass is 16.6. The van der Waals surface area contributed by atoms with Gasteiger partial charge in [-0.25, -0.2) is 4.68 Å². The number of tetrazole rings is 1. The van der Waals surface area contributed by atoms with Crippen molar-refractivity contribution in [3.63, 3.8) is 0 Å². The van der Waals surface area contributed by atoms with Gasteiger partial charge in [-0.05, 0) is 80.7 Å². The second kappa shape index (κ2) is 21.5. The maximum absolute atomic E-state index is 15.0. The van der Waals surface area contributed by atoms with E-state index in [0.29, 0.717) is 41.9 Å². The Hall–Kier alpha value is -7.99. The zero-order chi connectivity index (χ0) is 48.3. The van der Waals surface area contributed by atoms with Gasteiger partial charge in [0.25, 0.3) is 5.72 Å². The molecule has 1 fully saturated rings. The molecule has 1 aliphatic rings. The Kier molecular flexibility index (Phi) is 14.5. The first kappa shape index (κ1) is 47.1. The van der Waals surface area contributed by atoms with Crippen LogP contribution < -0.4 is 10.6 Å². The molecule has 0 unspecified atom stereocenters. The maximum Gasteiger partial charge on any atom is 0.325 e. The molecule has 1 saturated heterocycles. The van der Waals surface area contributed by atoms with E-state index in [-0.39, 0.29) is 25.0 Å². The van der Waals surface area contributed by atoms with E-state index in [1.807, 2.05) is 127 Å². The SMILES string of the molecule is CCCC(=O)[C@H](NC(OC(=O)[C@H]1CCCN1)(C(=O)Cc1ccccc1)C(=O)Cc1ccccc1)c1ccc(-c2ccccc2-c2nnnn2C(c2ccccc2)(c2ccccc2)c2ccccc2)cc1. The third-order valence-electron chi connectivity index (χ3n) is 13.0. The summed E-state index contributed by atoms with van der Waals surface area (Å²) in [5, 5.41) is 20.2. The highest BCUT2D eigenvalue weighted by Crippen LogP contribution is 2.43. The molecule has 11 heteroatoms. The smallest absolute Gasteiger partial charge is 0.325 e. The van der Waals surface area contributed by atoms with Crippen LogP contribution in [0.3, 0.4) is 0 Å². The average Bonchev–Trinajstić information content (AvgIpc) is 4.14. The van der Waals surface area contributed by atoms with Crippen molar-refractivity contribution in [1.82, 2.24) is 30.8 Å². The molecular formula is C59H54N6O5. The largest absolute Gasteiger partial charge is 0.427 e. The number of esters is 1. The molecule has 7 aromatic carbocycles. The van der Waals surface area contributed by atoms with Crippen LogP contribution in [0.2, 0.25) is 0 Å². The number of hydrogen-bond acceptors (Lipinski definition) is 10. The van der Waals surface area contributed by atoms with E-state index in [1.165, 1.54) is 0 Å². The molecule has 1 aromatic heterocycles. The normalized spacial score (nSPS) is 14.2. The minimum absolute atomic E-state index is 0.130. The number of aromatic nitrogens is 4. The van der Waals surface area contributed by atoms with E-state index in [0.717, 1.165) is 39.8 Å². The number of ketones is 3. The van der Waals surface area contributed by atoms with Crippen LogP contribution in [0.4, 0.5) is 0 Å². The van der Waals surface area contributed by atoms with E-state index in [2.05, 4.69) is 52.2 Å². The van der Waals surface area contributed by atoms with Crippen LogP contribution in [0.1, 0.15) is 72.0 Å². The van der Waals surface area contributed by atoms with Crippen molar-refractivity contribution >= 4 is 23.3 Å². The molecule has 2 N–H and O–H groups in total. The third-order valence-corrected chi connectivity index (χ3v) is 13.0. The lowest BCUT2D eigenvalue weighted by Crippen LogP contribution is -2.64. The molecule has 2 heterocycles. The average molecular weight is 927 g/mol. The molecule has 11 nitrogen and oxygen atoms in total. The number of nitrogens with zero attached hydrogens (tertiary/aromatic N) is 4. The fourth-order valence-electron chi connectivity index (χ4n) is 9.59. The van der Waals surface area contributed by atoms with Crippen LogP contribution in [-0.2, 0) is 42.3 Å². The zero-order valence-electron chi connectivity index (χ0n) is 39.0. The molecule has 0 radical (unpaired) electrons. The van der Waals surface area contributed by atoms with Crippen LogP contribution in [0.15, 0.2) is 200 Å². The summed E-state index contributed by atoms with van der Waals surface area (Å²) in [6.07, 6.45) is 1.38.